The molecule has 0 atom stereocenters. The molecular formula is C19H26N6O2S. The Kier molecular flexibility index (Phi) is 6.23. The smallest absolute Gasteiger partial charge is 0.316 e. The van der Waals surface area contributed by atoms with E-state index in [4.69, 9.17) is 4.74 Å². The first-order chi connectivity index (χ1) is 13.7. The minimum atomic E-state index is 0.0256. The number of ether oxygens (including phenoxy) is 1. The Hall–Kier alpha value is -1.97. The van der Waals surface area contributed by atoms with E-state index in [-0.39, 0.29) is 5.56 Å². The number of methoxy groups -OCH3 is 1. The maximum Gasteiger partial charge on any atom is 0.316 e. The Morgan fingerprint density at radius 2 is 2.00 bits per heavy atom. The van der Waals surface area contributed by atoms with Crippen LogP contribution in [0.4, 0.5) is 0 Å². The zero-order valence-electron chi connectivity index (χ0n) is 16.2. The van der Waals surface area contributed by atoms with Crippen molar-refractivity contribution in [3.63, 3.8) is 0 Å². The highest BCUT2D eigenvalue weighted by Gasteiger charge is 2.18. The quantitative estimate of drug-likeness (QED) is 0.697. The highest BCUT2D eigenvalue weighted by atomic mass is 32.2. The van der Waals surface area contributed by atoms with Gasteiger partial charge in [-0.25, -0.2) is 9.67 Å². The third-order valence-electron chi connectivity index (χ3n) is 5.26. The molecular weight excluding hydrogens is 376 g/mol. The summed E-state index contributed by atoms with van der Waals surface area (Å²) < 4.78 is 6.74. The van der Waals surface area contributed by atoms with Crippen LogP contribution in [0.2, 0.25) is 0 Å². The predicted molar refractivity (Wildman–Crippen MR) is 109 cm³/mol. The number of aryl methyl sites for hydroxylation is 1. The summed E-state index contributed by atoms with van der Waals surface area (Å²) in [5, 5.41) is 4.61. The van der Waals surface area contributed by atoms with Gasteiger partial charge in [-0.15, -0.1) is 0 Å². The topological polar surface area (TPSA) is 76.4 Å². The van der Waals surface area contributed by atoms with Crippen LogP contribution in [-0.2, 0) is 25.3 Å². The molecule has 4 rings (SSSR count). The lowest BCUT2D eigenvalue weighted by molar-refractivity contribution is 0.121. The van der Waals surface area contributed by atoms with Crippen LogP contribution in [-0.4, -0.2) is 75.1 Å². The molecule has 0 saturated carbocycles. The third kappa shape index (κ3) is 4.71. The van der Waals surface area contributed by atoms with Crippen LogP contribution in [0.1, 0.15) is 17.0 Å². The molecule has 4 heterocycles. The van der Waals surface area contributed by atoms with Gasteiger partial charge in [-0.1, -0.05) is 0 Å². The van der Waals surface area contributed by atoms with E-state index >= 15 is 0 Å². The van der Waals surface area contributed by atoms with Gasteiger partial charge in [0.05, 0.1) is 25.0 Å². The van der Waals surface area contributed by atoms with Crippen molar-refractivity contribution in [3.05, 3.63) is 45.6 Å². The van der Waals surface area contributed by atoms with E-state index in [1.807, 2.05) is 17.8 Å². The fourth-order valence-corrected chi connectivity index (χ4v) is 4.56. The summed E-state index contributed by atoms with van der Waals surface area (Å²) in [6, 6.07) is 4.13. The van der Waals surface area contributed by atoms with E-state index in [0.717, 1.165) is 74.1 Å². The van der Waals surface area contributed by atoms with Gasteiger partial charge in [-0.05, 0) is 17.4 Å². The summed E-state index contributed by atoms with van der Waals surface area (Å²) in [5.74, 6) is 2.01. The van der Waals surface area contributed by atoms with Gasteiger partial charge in [0.1, 0.15) is 0 Å². The largest absolute Gasteiger partial charge is 0.467 e. The summed E-state index contributed by atoms with van der Waals surface area (Å²) in [6.07, 6.45) is 2.70. The second-order valence-corrected chi connectivity index (χ2v) is 8.24. The molecule has 28 heavy (non-hydrogen) atoms. The van der Waals surface area contributed by atoms with Crippen molar-refractivity contribution in [2.24, 2.45) is 0 Å². The van der Waals surface area contributed by atoms with Crippen LogP contribution in [0.5, 0.6) is 6.01 Å². The molecule has 2 aliphatic rings. The average molecular weight is 403 g/mol. The molecule has 0 aromatic carbocycles. The zero-order valence-corrected chi connectivity index (χ0v) is 17.0. The number of thioether (sulfide) groups is 1. The van der Waals surface area contributed by atoms with Crippen molar-refractivity contribution in [2.45, 2.75) is 25.3 Å². The van der Waals surface area contributed by atoms with Gasteiger partial charge < -0.3 is 4.74 Å². The maximum absolute atomic E-state index is 12.3. The average Bonchev–Trinajstić information content (AvgIpc) is 2.73. The standard InChI is InChI=1S/C19H26N6O2S/c1-27-19-20-4-2-16(21-19)13-24-7-5-23(6-8-24)9-10-25-18(26)12-15-14-28-11-3-17(15)22-25/h2,4,12H,3,5-11,13-14H2,1H3. The van der Waals surface area contributed by atoms with E-state index in [9.17, 15) is 4.79 Å². The van der Waals surface area contributed by atoms with E-state index in [1.165, 1.54) is 0 Å². The molecule has 2 aromatic heterocycles. The number of fused-ring (bicyclic) bond motifs is 1. The minimum Gasteiger partial charge on any atom is -0.467 e. The molecule has 0 bridgehead atoms. The first-order valence-electron chi connectivity index (χ1n) is 9.69. The fraction of sp³-hybridized carbons (Fsp3) is 0.579. The van der Waals surface area contributed by atoms with Crippen molar-refractivity contribution in [3.8, 4) is 6.01 Å². The lowest BCUT2D eigenvalue weighted by Crippen LogP contribution is -2.47. The molecule has 0 unspecified atom stereocenters. The molecule has 0 spiro atoms. The number of rotatable bonds is 6. The van der Waals surface area contributed by atoms with Crippen molar-refractivity contribution < 1.29 is 4.74 Å². The number of piperazine rings is 1. The lowest BCUT2D eigenvalue weighted by atomic mass is 10.2. The SMILES string of the molecule is COc1nccc(CN2CCN(CCn3nc4c(cc3=O)CSCC4)CC2)n1. The van der Waals surface area contributed by atoms with Crippen LogP contribution in [0.15, 0.2) is 23.1 Å². The van der Waals surface area contributed by atoms with Gasteiger partial charge >= 0.3 is 6.01 Å². The second-order valence-electron chi connectivity index (χ2n) is 7.13. The monoisotopic (exact) mass is 402 g/mol. The van der Waals surface area contributed by atoms with Crippen LogP contribution in [0, 0.1) is 0 Å². The van der Waals surface area contributed by atoms with E-state index in [2.05, 4.69) is 24.9 Å². The van der Waals surface area contributed by atoms with E-state index < -0.39 is 0 Å². The lowest BCUT2D eigenvalue weighted by Gasteiger charge is -2.34. The number of aromatic nitrogens is 4. The van der Waals surface area contributed by atoms with Crippen LogP contribution >= 0.6 is 11.8 Å². The van der Waals surface area contributed by atoms with E-state index in [0.29, 0.717) is 12.6 Å². The molecule has 8 nitrogen and oxygen atoms in total. The van der Waals surface area contributed by atoms with Gasteiger partial charge in [0.15, 0.2) is 0 Å². The molecule has 150 valence electrons. The van der Waals surface area contributed by atoms with Gasteiger partial charge in [0.2, 0.25) is 0 Å². The summed E-state index contributed by atoms with van der Waals surface area (Å²) in [4.78, 5) is 25.5. The van der Waals surface area contributed by atoms with Gasteiger partial charge in [-0.2, -0.15) is 21.8 Å². The second kappa shape index (κ2) is 9.02. The molecule has 0 radical (unpaired) electrons. The Morgan fingerprint density at radius 1 is 1.18 bits per heavy atom. The number of nitrogens with zero attached hydrogens (tertiary/aromatic N) is 6. The van der Waals surface area contributed by atoms with Crippen LogP contribution < -0.4 is 10.3 Å². The van der Waals surface area contributed by atoms with Crippen molar-refractivity contribution >= 4 is 11.8 Å². The first-order valence-corrected chi connectivity index (χ1v) is 10.8. The van der Waals surface area contributed by atoms with Gasteiger partial charge in [-0.3, -0.25) is 14.6 Å². The fourth-order valence-electron chi connectivity index (χ4n) is 3.61. The molecule has 2 aromatic rings. The molecule has 9 heteroatoms. The van der Waals surface area contributed by atoms with E-state index in [1.54, 1.807) is 24.1 Å². The molecule has 2 aliphatic heterocycles. The minimum absolute atomic E-state index is 0.0256. The van der Waals surface area contributed by atoms with Crippen molar-refractivity contribution in [1.82, 2.24) is 29.5 Å². The molecule has 1 saturated heterocycles. The summed E-state index contributed by atoms with van der Waals surface area (Å²) in [5.41, 5.74) is 3.22. The zero-order chi connectivity index (χ0) is 19.3. The molecule has 0 aliphatic carbocycles. The molecule has 0 amide bonds. The van der Waals surface area contributed by atoms with Crippen LogP contribution in [0.25, 0.3) is 0 Å². The maximum atomic E-state index is 12.3. The highest BCUT2D eigenvalue weighted by Crippen LogP contribution is 2.21. The summed E-state index contributed by atoms with van der Waals surface area (Å²) >= 11 is 1.87. The molecule has 1 fully saturated rings. The van der Waals surface area contributed by atoms with Gasteiger partial charge in [0, 0.05) is 63.7 Å². The third-order valence-corrected chi connectivity index (χ3v) is 6.27. The molecule has 0 N–H and O–H groups in total. The number of hydrogen-bond acceptors (Lipinski definition) is 8. The van der Waals surface area contributed by atoms with Crippen molar-refractivity contribution in [2.75, 3.05) is 45.6 Å². The van der Waals surface area contributed by atoms with Gasteiger partial charge in [0.25, 0.3) is 5.56 Å². The Balaban J connectivity index is 1.27. The summed E-state index contributed by atoms with van der Waals surface area (Å²) in [7, 11) is 1.58. The Morgan fingerprint density at radius 3 is 2.82 bits per heavy atom. The Labute approximate surface area is 168 Å². The predicted octanol–water partition coefficient (Wildman–Crippen LogP) is 0.649. The number of hydrogen-bond donors (Lipinski definition) is 0. The summed E-state index contributed by atoms with van der Waals surface area (Å²) in [6.45, 7) is 6.25. The van der Waals surface area contributed by atoms with Crippen molar-refractivity contribution in [1.29, 1.82) is 0 Å². The Bertz CT molecular complexity index is 866. The normalized spacial score (nSPS) is 18.0. The highest BCUT2D eigenvalue weighted by molar-refractivity contribution is 7.98. The van der Waals surface area contributed by atoms with Crippen LogP contribution in [0.3, 0.4) is 0 Å². The first kappa shape index (κ1) is 19.4.